The van der Waals surface area contributed by atoms with Gasteiger partial charge in [0.2, 0.25) is 0 Å². The minimum absolute atomic E-state index is 0.716. The van der Waals surface area contributed by atoms with Crippen LogP contribution in [-0.4, -0.2) is 26.2 Å². The van der Waals surface area contributed by atoms with Crippen molar-refractivity contribution >= 4 is 5.69 Å². The zero-order valence-corrected chi connectivity index (χ0v) is 13.1. The molecule has 1 aliphatic carbocycles. The van der Waals surface area contributed by atoms with E-state index in [1.54, 1.807) is 0 Å². The summed E-state index contributed by atoms with van der Waals surface area (Å²) in [5, 5.41) is 3.56. The molecule has 0 unspecified atom stereocenters. The summed E-state index contributed by atoms with van der Waals surface area (Å²) in [7, 11) is 2.15. The lowest BCUT2D eigenvalue weighted by atomic mass is 10.1. The van der Waals surface area contributed by atoms with E-state index in [1.807, 2.05) is 6.92 Å². The molecule has 112 valence electrons. The molecule has 0 spiro atoms. The van der Waals surface area contributed by atoms with Gasteiger partial charge >= 0.3 is 0 Å². The third-order valence-electron chi connectivity index (χ3n) is 3.75. The maximum Gasteiger partial charge on any atom is 0.142 e. The van der Waals surface area contributed by atoms with Gasteiger partial charge in [0.05, 0.1) is 12.3 Å². The highest BCUT2D eigenvalue weighted by Gasteiger charge is 2.20. The number of hydrogen-bond donors (Lipinski definition) is 1. The van der Waals surface area contributed by atoms with Crippen LogP contribution in [0.3, 0.4) is 0 Å². The highest BCUT2D eigenvalue weighted by Crippen LogP contribution is 2.29. The van der Waals surface area contributed by atoms with Gasteiger partial charge in [0.25, 0.3) is 0 Å². The number of ether oxygens (including phenoxy) is 1. The average Bonchev–Trinajstić information content (AvgIpc) is 3.27. The fourth-order valence-corrected chi connectivity index (χ4v) is 2.32. The van der Waals surface area contributed by atoms with E-state index in [2.05, 4.69) is 42.4 Å². The number of anilines is 1. The first-order valence-corrected chi connectivity index (χ1v) is 7.94. The summed E-state index contributed by atoms with van der Waals surface area (Å²) in [6.45, 7) is 7.02. The number of unbranched alkanes of at least 4 members (excludes halogenated alkanes) is 1. The van der Waals surface area contributed by atoms with Crippen molar-refractivity contribution in [3.05, 3.63) is 23.8 Å². The minimum atomic E-state index is 0.716. The van der Waals surface area contributed by atoms with Gasteiger partial charge in [-0.15, -0.1) is 0 Å². The molecule has 0 heterocycles. The van der Waals surface area contributed by atoms with Gasteiger partial charge in [-0.1, -0.05) is 19.4 Å². The SMILES string of the molecule is CCCCN(C)c1ccc(CNC2CC2)cc1OCC. The number of nitrogens with one attached hydrogen (secondary N) is 1. The third-order valence-corrected chi connectivity index (χ3v) is 3.75. The average molecular weight is 276 g/mol. The van der Waals surface area contributed by atoms with Crippen LogP contribution in [0.1, 0.15) is 45.1 Å². The Balaban J connectivity index is 2.04. The van der Waals surface area contributed by atoms with Gasteiger partial charge in [-0.05, 0) is 43.9 Å². The Bertz CT molecular complexity index is 415. The van der Waals surface area contributed by atoms with Crippen molar-refractivity contribution < 1.29 is 4.74 Å². The Labute approximate surface area is 123 Å². The van der Waals surface area contributed by atoms with Gasteiger partial charge < -0.3 is 15.0 Å². The van der Waals surface area contributed by atoms with Crippen molar-refractivity contribution in [1.29, 1.82) is 0 Å². The van der Waals surface area contributed by atoms with Crippen LogP contribution in [0.2, 0.25) is 0 Å². The highest BCUT2D eigenvalue weighted by atomic mass is 16.5. The first kappa shape index (κ1) is 15.2. The van der Waals surface area contributed by atoms with Crippen LogP contribution in [0.15, 0.2) is 18.2 Å². The smallest absolute Gasteiger partial charge is 0.142 e. The molecule has 2 rings (SSSR count). The van der Waals surface area contributed by atoms with Gasteiger partial charge in [-0.2, -0.15) is 0 Å². The number of rotatable bonds is 9. The molecule has 0 bridgehead atoms. The predicted molar refractivity (Wildman–Crippen MR) is 85.7 cm³/mol. The molecule has 0 aromatic heterocycles. The molecular weight excluding hydrogens is 248 g/mol. The van der Waals surface area contributed by atoms with E-state index in [0.717, 1.165) is 24.9 Å². The summed E-state index contributed by atoms with van der Waals surface area (Å²) < 4.78 is 5.83. The number of nitrogens with zero attached hydrogens (tertiary/aromatic N) is 1. The fraction of sp³-hybridized carbons (Fsp3) is 0.647. The zero-order chi connectivity index (χ0) is 14.4. The van der Waals surface area contributed by atoms with Crippen LogP contribution in [0.4, 0.5) is 5.69 Å². The van der Waals surface area contributed by atoms with E-state index in [9.17, 15) is 0 Å². The largest absolute Gasteiger partial charge is 0.492 e. The van der Waals surface area contributed by atoms with Gasteiger partial charge in [0, 0.05) is 26.2 Å². The molecule has 1 aromatic rings. The van der Waals surface area contributed by atoms with E-state index in [-0.39, 0.29) is 0 Å². The summed E-state index contributed by atoms with van der Waals surface area (Å²) >= 11 is 0. The molecule has 0 atom stereocenters. The Morgan fingerprint density at radius 3 is 2.75 bits per heavy atom. The minimum Gasteiger partial charge on any atom is -0.492 e. The molecule has 1 aliphatic rings. The fourth-order valence-electron chi connectivity index (χ4n) is 2.32. The second-order valence-electron chi connectivity index (χ2n) is 5.67. The maximum absolute atomic E-state index is 5.83. The Morgan fingerprint density at radius 1 is 1.30 bits per heavy atom. The lowest BCUT2D eigenvalue weighted by molar-refractivity contribution is 0.340. The van der Waals surface area contributed by atoms with Crippen LogP contribution >= 0.6 is 0 Å². The lowest BCUT2D eigenvalue weighted by Crippen LogP contribution is -2.20. The maximum atomic E-state index is 5.83. The first-order chi connectivity index (χ1) is 9.74. The van der Waals surface area contributed by atoms with Crippen molar-refractivity contribution in [2.45, 2.75) is 52.1 Å². The normalized spacial score (nSPS) is 14.3. The summed E-state index contributed by atoms with van der Waals surface area (Å²) in [5.41, 5.74) is 2.52. The summed E-state index contributed by atoms with van der Waals surface area (Å²) in [6.07, 6.45) is 5.09. The van der Waals surface area contributed by atoms with E-state index < -0.39 is 0 Å². The topological polar surface area (TPSA) is 24.5 Å². The standard InChI is InChI=1S/C17H28N2O/c1-4-6-11-19(3)16-10-7-14(12-17(16)20-5-2)13-18-15-8-9-15/h7,10,12,15,18H,4-6,8-9,11,13H2,1-3H3. The van der Waals surface area contributed by atoms with Crippen molar-refractivity contribution in [3.8, 4) is 5.75 Å². The lowest BCUT2D eigenvalue weighted by Gasteiger charge is -2.22. The van der Waals surface area contributed by atoms with Crippen LogP contribution in [-0.2, 0) is 6.54 Å². The number of hydrogen-bond acceptors (Lipinski definition) is 3. The molecule has 1 fully saturated rings. The molecule has 3 heteroatoms. The van der Waals surface area contributed by atoms with Crippen molar-refractivity contribution in [3.63, 3.8) is 0 Å². The molecule has 0 radical (unpaired) electrons. The molecule has 3 nitrogen and oxygen atoms in total. The van der Waals surface area contributed by atoms with Crippen molar-refractivity contribution in [1.82, 2.24) is 5.32 Å². The summed E-state index contributed by atoms with van der Waals surface area (Å²) in [4.78, 5) is 2.30. The Hall–Kier alpha value is -1.22. The second kappa shape index (κ2) is 7.53. The van der Waals surface area contributed by atoms with Crippen LogP contribution in [0.5, 0.6) is 5.75 Å². The Morgan fingerprint density at radius 2 is 2.10 bits per heavy atom. The molecule has 0 saturated heterocycles. The monoisotopic (exact) mass is 276 g/mol. The molecule has 1 saturated carbocycles. The van der Waals surface area contributed by atoms with Crippen LogP contribution in [0.25, 0.3) is 0 Å². The molecule has 1 N–H and O–H groups in total. The van der Waals surface area contributed by atoms with Gasteiger partial charge in [0.15, 0.2) is 0 Å². The first-order valence-electron chi connectivity index (χ1n) is 7.94. The molecular formula is C17H28N2O. The van der Waals surface area contributed by atoms with Gasteiger partial charge in [-0.25, -0.2) is 0 Å². The molecule has 1 aromatic carbocycles. The van der Waals surface area contributed by atoms with E-state index in [1.165, 1.54) is 36.9 Å². The van der Waals surface area contributed by atoms with Crippen molar-refractivity contribution in [2.24, 2.45) is 0 Å². The third kappa shape index (κ3) is 4.41. The van der Waals surface area contributed by atoms with E-state index in [0.29, 0.717) is 6.61 Å². The molecule has 0 amide bonds. The van der Waals surface area contributed by atoms with Gasteiger partial charge in [-0.3, -0.25) is 0 Å². The molecule has 20 heavy (non-hydrogen) atoms. The zero-order valence-electron chi connectivity index (χ0n) is 13.1. The van der Waals surface area contributed by atoms with Crippen LogP contribution < -0.4 is 15.0 Å². The number of benzene rings is 1. The van der Waals surface area contributed by atoms with Crippen LogP contribution in [0, 0.1) is 0 Å². The second-order valence-corrected chi connectivity index (χ2v) is 5.67. The summed E-state index contributed by atoms with van der Waals surface area (Å²) in [6, 6.07) is 7.36. The predicted octanol–water partition coefficient (Wildman–Crippen LogP) is 3.57. The Kier molecular flexibility index (Phi) is 5.72. The van der Waals surface area contributed by atoms with E-state index in [4.69, 9.17) is 4.74 Å². The van der Waals surface area contributed by atoms with E-state index >= 15 is 0 Å². The summed E-state index contributed by atoms with van der Waals surface area (Å²) in [5.74, 6) is 1.02. The van der Waals surface area contributed by atoms with Gasteiger partial charge in [0.1, 0.15) is 5.75 Å². The highest BCUT2D eigenvalue weighted by molar-refractivity contribution is 5.59. The van der Waals surface area contributed by atoms with Crippen molar-refractivity contribution in [2.75, 3.05) is 25.1 Å². The molecule has 0 aliphatic heterocycles. The quantitative estimate of drug-likeness (QED) is 0.746.